The smallest absolute Gasteiger partial charge is 0.221 e. The highest BCUT2D eigenvalue weighted by atomic mass is 16.1. The van der Waals surface area contributed by atoms with Crippen molar-refractivity contribution in [3.05, 3.63) is 35.5 Å². The lowest BCUT2D eigenvalue weighted by Crippen LogP contribution is -2.13. The molecule has 0 radical (unpaired) electrons. The molecule has 0 aliphatic carbocycles. The number of hydrogen-bond acceptors (Lipinski definition) is 1. The molecule has 3 nitrogen and oxygen atoms in total. The van der Waals surface area contributed by atoms with Gasteiger partial charge in [0.1, 0.15) is 0 Å². The second-order valence-electron chi connectivity index (χ2n) is 3.69. The molecule has 3 heteroatoms. The minimum atomic E-state index is -0.294. The van der Waals surface area contributed by atoms with Crippen molar-refractivity contribution < 1.29 is 4.79 Å². The van der Waals surface area contributed by atoms with Crippen molar-refractivity contribution in [3.63, 3.8) is 0 Å². The summed E-state index contributed by atoms with van der Waals surface area (Å²) in [5.41, 5.74) is 8.50. The van der Waals surface area contributed by atoms with Crippen molar-refractivity contribution in [2.24, 2.45) is 5.73 Å². The topological polar surface area (TPSA) is 58.9 Å². The van der Waals surface area contributed by atoms with Crippen molar-refractivity contribution >= 4 is 16.8 Å². The van der Waals surface area contributed by atoms with E-state index < -0.39 is 0 Å². The normalized spacial score (nSPS) is 10.7. The number of aryl methyl sites for hydroxylation is 1. The zero-order valence-electron chi connectivity index (χ0n) is 8.71. The Bertz CT molecular complexity index is 499. The molecule has 1 amide bonds. The molecule has 0 fully saturated rings. The van der Waals surface area contributed by atoms with E-state index in [2.05, 4.69) is 24.0 Å². The lowest BCUT2D eigenvalue weighted by atomic mass is 10.1. The van der Waals surface area contributed by atoms with Crippen molar-refractivity contribution in [3.8, 4) is 0 Å². The first-order valence-electron chi connectivity index (χ1n) is 5.08. The van der Waals surface area contributed by atoms with Gasteiger partial charge >= 0.3 is 0 Å². The quantitative estimate of drug-likeness (QED) is 0.782. The Labute approximate surface area is 88.3 Å². The van der Waals surface area contributed by atoms with Gasteiger partial charge in [-0.05, 0) is 29.7 Å². The third-order valence-corrected chi connectivity index (χ3v) is 2.60. The van der Waals surface area contributed by atoms with E-state index in [9.17, 15) is 4.79 Å². The van der Waals surface area contributed by atoms with Crippen LogP contribution in [-0.2, 0) is 17.6 Å². The molecule has 78 valence electrons. The molecular formula is C12H14N2O. The third kappa shape index (κ3) is 1.86. The van der Waals surface area contributed by atoms with Crippen molar-refractivity contribution in [1.29, 1.82) is 0 Å². The molecule has 0 saturated heterocycles. The summed E-state index contributed by atoms with van der Waals surface area (Å²) in [6.07, 6.45) is 3.15. The maximum atomic E-state index is 10.9. The van der Waals surface area contributed by atoms with Gasteiger partial charge in [-0.25, -0.2) is 0 Å². The van der Waals surface area contributed by atoms with Crippen LogP contribution in [0.4, 0.5) is 0 Å². The minimum absolute atomic E-state index is 0.294. The fraction of sp³-hybridized carbons (Fsp3) is 0.250. The van der Waals surface area contributed by atoms with Crippen LogP contribution >= 0.6 is 0 Å². The maximum Gasteiger partial charge on any atom is 0.221 e. The van der Waals surface area contributed by atoms with E-state index in [1.807, 2.05) is 12.3 Å². The van der Waals surface area contributed by atoms with Crippen LogP contribution in [0.5, 0.6) is 0 Å². The van der Waals surface area contributed by atoms with E-state index in [0.717, 1.165) is 22.9 Å². The number of nitrogens with two attached hydrogens (primary N) is 1. The van der Waals surface area contributed by atoms with Gasteiger partial charge < -0.3 is 10.7 Å². The van der Waals surface area contributed by atoms with Gasteiger partial charge in [-0.3, -0.25) is 4.79 Å². The van der Waals surface area contributed by atoms with Crippen LogP contribution < -0.4 is 5.73 Å². The summed E-state index contributed by atoms with van der Waals surface area (Å²) in [7, 11) is 0. The second kappa shape index (κ2) is 3.77. The van der Waals surface area contributed by atoms with Gasteiger partial charge in [-0.15, -0.1) is 0 Å². The molecule has 2 rings (SSSR count). The molecule has 15 heavy (non-hydrogen) atoms. The van der Waals surface area contributed by atoms with Crippen LogP contribution in [0.2, 0.25) is 0 Å². The van der Waals surface area contributed by atoms with Crippen LogP contribution in [0.25, 0.3) is 10.9 Å². The van der Waals surface area contributed by atoms with Gasteiger partial charge in [0.15, 0.2) is 0 Å². The largest absolute Gasteiger partial charge is 0.369 e. The van der Waals surface area contributed by atoms with Gasteiger partial charge in [0.2, 0.25) is 5.91 Å². The van der Waals surface area contributed by atoms with Crippen LogP contribution in [-0.4, -0.2) is 10.9 Å². The first-order valence-corrected chi connectivity index (χ1v) is 5.08. The number of hydrogen-bond donors (Lipinski definition) is 2. The Morgan fingerprint density at radius 2 is 2.27 bits per heavy atom. The number of aromatic amines is 1. The SMILES string of the molecule is CCc1ccc2[nH]cc(CC(N)=O)c2c1. The molecule has 0 atom stereocenters. The van der Waals surface area contributed by atoms with E-state index in [1.165, 1.54) is 5.56 Å². The first-order chi connectivity index (χ1) is 7.20. The monoisotopic (exact) mass is 202 g/mol. The Kier molecular flexibility index (Phi) is 2.46. The van der Waals surface area contributed by atoms with E-state index in [0.29, 0.717) is 6.42 Å². The molecule has 0 bridgehead atoms. The molecule has 0 unspecified atom stereocenters. The zero-order chi connectivity index (χ0) is 10.8. The number of benzene rings is 1. The molecule has 1 aromatic carbocycles. The molecular weight excluding hydrogens is 188 g/mol. The Morgan fingerprint density at radius 3 is 2.93 bits per heavy atom. The molecule has 0 aliphatic rings. The van der Waals surface area contributed by atoms with Gasteiger partial charge in [0, 0.05) is 17.1 Å². The lowest BCUT2D eigenvalue weighted by Gasteiger charge is -1.99. The summed E-state index contributed by atoms with van der Waals surface area (Å²) in [4.78, 5) is 14.0. The Morgan fingerprint density at radius 1 is 1.47 bits per heavy atom. The Balaban J connectivity index is 2.51. The molecule has 1 aromatic heterocycles. The average molecular weight is 202 g/mol. The summed E-state index contributed by atoms with van der Waals surface area (Å²) < 4.78 is 0. The minimum Gasteiger partial charge on any atom is -0.369 e. The van der Waals surface area contributed by atoms with Crippen molar-refractivity contribution in [2.45, 2.75) is 19.8 Å². The molecule has 1 heterocycles. The van der Waals surface area contributed by atoms with Crippen LogP contribution in [0.1, 0.15) is 18.1 Å². The lowest BCUT2D eigenvalue weighted by molar-refractivity contribution is -0.117. The van der Waals surface area contributed by atoms with Crippen molar-refractivity contribution in [2.75, 3.05) is 0 Å². The number of H-pyrrole nitrogens is 1. The highest BCUT2D eigenvalue weighted by Crippen LogP contribution is 2.20. The number of amides is 1. The number of carbonyl (C=O) groups excluding carboxylic acids is 1. The number of nitrogens with one attached hydrogen (secondary N) is 1. The highest BCUT2D eigenvalue weighted by molar-refractivity contribution is 5.88. The van der Waals surface area contributed by atoms with Crippen LogP contribution in [0, 0.1) is 0 Å². The number of aromatic nitrogens is 1. The predicted octanol–water partition coefficient (Wildman–Crippen LogP) is 1.76. The number of fused-ring (bicyclic) bond motifs is 1. The summed E-state index contributed by atoms with van der Waals surface area (Å²) >= 11 is 0. The summed E-state index contributed by atoms with van der Waals surface area (Å²) in [5, 5.41) is 1.10. The summed E-state index contributed by atoms with van der Waals surface area (Å²) in [6.45, 7) is 2.11. The fourth-order valence-corrected chi connectivity index (χ4v) is 1.78. The van der Waals surface area contributed by atoms with Gasteiger partial charge in [0.05, 0.1) is 6.42 Å². The summed E-state index contributed by atoms with van der Waals surface area (Å²) in [5.74, 6) is -0.294. The molecule has 3 N–H and O–H groups in total. The van der Waals surface area contributed by atoms with Crippen LogP contribution in [0.15, 0.2) is 24.4 Å². The third-order valence-electron chi connectivity index (χ3n) is 2.60. The van der Waals surface area contributed by atoms with E-state index >= 15 is 0 Å². The first kappa shape index (κ1) is 9.77. The molecule has 0 aliphatic heterocycles. The maximum absolute atomic E-state index is 10.9. The van der Waals surface area contributed by atoms with Crippen molar-refractivity contribution in [1.82, 2.24) is 4.98 Å². The standard InChI is InChI=1S/C12H14N2O/c1-2-8-3-4-11-10(5-8)9(7-14-11)6-12(13)15/h3-5,7,14H,2,6H2,1H3,(H2,13,15). The van der Waals surface area contributed by atoms with Gasteiger partial charge in [-0.1, -0.05) is 13.0 Å². The molecule has 2 aromatic rings. The predicted molar refractivity (Wildman–Crippen MR) is 60.6 cm³/mol. The van der Waals surface area contributed by atoms with E-state index in [1.54, 1.807) is 0 Å². The van der Waals surface area contributed by atoms with Gasteiger partial charge in [0.25, 0.3) is 0 Å². The van der Waals surface area contributed by atoms with E-state index in [-0.39, 0.29) is 5.91 Å². The molecule has 0 spiro atoms. The number of rotatable bonds is 3. The fourth-order valence-electron chi connectivity index (χ4n) is 1.78. The zero-order valence-corrected chi connectivity index (χ0v) is 8.71. The molecule has 0 saturated carbocycles. The number of primary amides is 1. The van der Waals surface area contributed by atoms with Gasteiger partial charge in [-0.2, -0.15) is 0 Å². The second-order valence-corrected chi connectivity index (χ2v) is 3.69. The average Bonchev–Trinajstić information content (AvgIpc) is 2.60. The van der Waals surface area contributed by atoms with Crippen LogP contribution in [0.3, 0.4) is 0 Å². The highest BCUT2D eigenvalue weighted by Gasteiger charge is 2.06. The number of carbonyl (C=O) groups is 1. The summed E-state index contributed by atoms with van der Waals surface area (Å²) in [6, 6.07) is 6.25. The van der Waals surface area contributed by atoms with E-state index in [4.69, 9.17) is 5.73 Å². The Hall–Kier alpha value is -1.77.